The highest BCUT2D eigenvalue weighted by atomic mass is 16.5. The molecule has 0 amide bonds. The maximum atomic E-state index is 5.06. The van der Waals surface area contributed by atoms with Crippen molar-refractivity contribution in [1.29, 1.82) is 0 Å². The third-order valence-electron chi connectivity index (χ3n) is 1.83. The summed E-state index contributed by atoms with van der Waals surface area (Å²) >= 11 is 0. The Bertz CT molecular complexity index is 306. The minimum absolute atomic E-state index is 0.883. The lowest BCUT2D eigenvalue weighted by molar-refractivity contribution is 0.415. The maximum absolute atomic E-state index is 5.06. The second-order valence-electron chi connectivity index (χ2n) is 2.87. The lowest BCUT2D eigenvalue weighted by Gasteiger charge is -1.99. The van der Waals surface area contributed by atoms with Gasteiger partial charge in [-0.15, -0.1) is 0 Å². The Balaban J connectivity index is 2.86. The van der Waals surface area contributed by atoms with E-state index in [4.69, 9.17) is 4.74 Å². The summed E-state index contributed by atoms with van der Waals surface area (Å²) in [6, 6.07) is 7.93. The molecule has 1 heteroatoms. The minimum Gasteiger partial charge on any atom is -0.497 e. The fourth-order valence-corrected chi connectivity index (χ4v) is 1.02. The van der Waals surface area contributed by atoms with E-state index in [0.29, 0.717) is 0 Å². The fourth-order valence-electron chi connectivity index (χ4n) is 1.02. The van der Waals surface area contributed by atoms with Crippen LogP contribution < -0.4 is 4.74 Å². The summed E-state index contributed by atoms with van der Waals surface area (Å²) in [6.07, 6.45) is 3.91. The summed E-state index contributed by atoms with van der Waals surface area (Å²) in [7, 11) is 1.67. The number of rotatable bonds is 3. The number of hydrogen-bond acceptors (Lipinski definition) is 1. The molecule has 0 unspecified atom stereocenters. The van der Waals surface area contributed by atoms with Crippen LogP contribution in [0.3, 0.4) is 0 Å². The first-order valence-corrected chi connectivity index (χ1v) is 4.21. The molecule has 0 aliphatic rings. The second-order valence-corrected chi connectivity index (χ2v) is 2.87. The van der Waals surface area contributed by atoms with Crippen molar-refractivity contribution in [3.63, 3.8) is 0 Å². The van der Waals surface area contributed by atoms with Crippen LogP contribution in [0.15, 0.2) is 42.5 Å². The van der Waals surface area contributed by atoms with Gasteiger partial charge in [-0.05, 0) is 24.6 Å². The maximum Gasteiger partial charge on any atom is 0.118 e. The van der Waals surface area contributed by atoms with E-state index in [2.05, 4.69) is 12.7 Å². The Labute approximate surface area is 79.4 Å². The number of ether oxygens (including phenoxy) is 1. The Kier molecular flexibility index (Phi) is 3.32. The summed E-state index contributed by atoms with van der Waals surface area (Å²) in [4.78, 5) is 0. The van der Waals surface area contributed by atoms with Crippen LogP contribution in [0.2, 0.25) is 0 Å². The minimum atomic E-state index is 0.883. The van der Waals surface area contributed by atoms with Crippen molar-refractivity contribution in [1.82, 2.24) is 0 Å². The van der Waals surface area contributed by atoms with Crippen molar-refractivity contribution in [2.24, 2.45) is 0 Å². The quantitative estimate of drug-likeness (QED) is 0.639. The zero-order chi connectivity index (χ0) is 9.68. The van der Waals surface area contributed by atoms with Gasteiger partial charge in [0.15, 0.2) is 0 Å². The van der Waals surface area contributed by atoms with Crippen LogP contribution in [0, 0.1) is 0 Å². The van der Waals surface area contributed by atoms with E-state index < -0.39 is 0 Å². The number of hydrogen-bond donors (Lipinski definition) is 0. The summed E-state index contributed by atoms with van der Waals surface area (Å²) in [5.74, 6) is 0.883. The van der Waals surface area contributed by atoms with E-state index in [1.165, 1.54) is 5.56 Å². The van der Waals surface area contributed by atoms with E-state index in [1.807, 2.05) is 37.3 Å². The van der Waals surface area contributed by atoms with Crippen molar-refractivity contribution >= 4 is 6.08 Å². The molecule has 68 valence electrons. The van der Waals surface area contributed by atoms with Gasteiger partial charge in [0.25, 0.3) is 0 Å². The summed E-state index contributed by atoms with van der Waals surface area (Å²) < 4.78 is 5.06. The number of methoxy groups -OCH3 is 1. The second kappa shape index (κ2) is 4.51. The highest BCUT2D eigenvalue weighted by Crippen LogP contribution is 2.13. The van der Waals surface area contributed by atoms with Crippen LogP contribution in [0.1, 0.15) is 12.5 Å². The van der Waals surface area contributed by atoms with Gasteiger partial charge in [-0.25, -0.2) is 0 Å². The molecule has 1 aromatic rings. The first-order valence-electron chi connectivity index (χ1n) is 4.21. The molecule has 0 saturated carbocycles. The lowest BCUT2D eigenvalue weighted by atomic mass is 10.1. The van der Waals surface area contributed by atoms with E-state index in [0.717, 1.165) is 11.3 Å². The molecule has 13 heavy (non-hydrogen) atoms. The highest BCUT2D eigenvalue weighted by Gasteiger charge is 1.90. The van der Waals surface area contributed by atoms with Crippen molar-refractivity contribution in [2.75, 3.05) is 7.11 Å². The Morgan fingerprint density at radius 2 is 1.92 bits per heavy atom. The molecule has 0 radical (unpaired) electrons. The average molecular weight is 174 g/mol. The molecule has 0 fully saturated rings. The van der Waals surface area contributed by atoms with Gasteiger partial charge in [-0.1, -0.05) is 36.4 Å². The molecule has 0 N–H and O–H groups in total. The molecule has 0 spiro atoms. The molecular formula is C12H14O. The standard InChI is InChI=1S/C12H14O/c1-4-10(2)9-11-5-7-12(13-3)8-6-11/h4-9H,1H2,2-3H3. The molecule has 0 aliphatic heterocycles. The summed E-state index contributed by atoms with van der Waals surface area (Å²) in [6.45, 7) is 5.72. The molecule has 0 atom stereocenters. The molecule has 1 aromatic carbocycles. The van der Waals surface area contributed by atoms with Crippen molar-refractivity contribution in [3.8, 4) is 5.75 Å². The molecule has 1 nitrogen and oxygen atoms in total. The van der Waals surface area contributed by atoms with Gasteiger partial charge in [0.2, 0.25) is 0 Å². The van der Waals surface area contributed by atoms with Crippen LogP contribution in [-0.2, 0) is 0 Å². The van der Waals surface area contributed by atoms with E-state index in [-0.39, 0.29) is 0 Å². The van der Waals surface area contributed by atoms with Crippen molar-refractivity contribution in [3.05, 3.63) is 48.1 Å². The SMILES string of the molecule is C=CC(C)=Cc1ccc(OC)cc1. The summed E-state index contributed by atoms with van der Waals surface area (Å²) in [5.41, 5.74) is 2.32. The average Bonchev–Trinajstić information content (AvgIpc) is 2.19. The third kappa shape index (κ3) is 2.79. The normalized spacial score (nSPS) is 11.1. The fraction of sp³-hybridized carbons (Fsp3) is 0.167. The van der Waals surface area contributed by atoms with Crippen molar-refractivity contribution in [2.45, 2.75) is 6.92 Å². The first kappa shape index (κ1) is 9.59. The van der Waals surface area contributed by atoms with Gasteiger partial charge in [0, 0.05) is 0 Å². The molecule has 0 saturated heterocycles. The topological polar surface area (TPSA) is 9.23 Å². The zero-order valence-electron chi connectivity index (χ0n) is 8.08. The molecular weight excluding hydrogens is 160 g/mol. The van der Waals surface area contributed by atoms with E-state index >= 15 is 0 Å². The Morgan fingerprint density at radius 3 is 2.38 bits per heavy atom. The predicted octanol–water partition coefficient (Wildman–Crippen LogP) is 3.28. The molecule has 0 bridgehead atoms. The highest BCUT2D eigenvalue weighted by molar-refractivity contribution is 5.55. The van der Waals surface area contributed by atoms with E-state index in [9.17, 15) is 0 Å². The van der Waals surface area contributed by atoms with Gasteiger partial charge in [-0.2, -0.15) is 0 Å². The van der Waals surface area contributed by atoms with Crippen LogP contribution in [-0.4, -0.2) is 7.11 Å². The van der Waals surface area contributed by atoms with Gasteiger partial charge >= 0.3 is 0 Å². The van der Waals surface area contributed by atoms with Crippen LogP contribution in [0.25, 0.3) is 6.08 Å². The monoisotopic (exact) mass is 174 g/mol. The third-order valence-corrected chi connectivity index (χ3v) is 1.83. The Hall–Kier alpha value is -1.50. The summed E-state index contributed by atoms with van der Waals surface area (Å²) in [5, 5.41) is 0. The number of allylic oxidation sites excluding steroid dienone is 2. The predicted molar refractivity (Wildman–Crippen MR) is 56.8 cm³/mol. The van der Waals surface area contributed by atoms with Crippen molar-refractivity contribution < 1.29 is 4.74 Å². The molecule has 0 heterocycles. The van der Waals surface area contributed by atoms with Gasteiger partial charge in [0.05, 0.1) is 7.11 Å². The van der Waals surface area contributed by atoms with Gasteiger partial charge in [-0.3, -0.25) is 0 Å². The molecule has 0 aromatic heterocycles. The zero-order valence-corrected chi connectivity index (χ0v) is 8.08. The van der Waals surface area contributed by atoms with Gasteiger partial charge < -0.3 is 4.74 Å². The number of benzene rings is 1. The van der Waals surface area contributed by atoms with Gasteiger partial charge in [0.1, 0.15) is 5.75 Å². The van der Waals surface area contributed by atoms with Crippen LogP contribution in [0.4, 0.5) is 0 Å². The first-order chi connectivity index (χ1) is 6.26. The largest absolute Gasteiger partial charge is 0.497 e. The smallest absolute Gasteiger partial charge is 0.118 e. The molecule has 0 aliphatic carbocycles. The lowest BCUT2D eigenvalue weighted by Crippen LogP contribution is -1.81. The Morgan fingerprint density at radius 1 is 1.31 bits per heavy atom. The molecule has 1 rings (SSSR count). The van der Waals surface area contributed by atoms with Crippen LogP contribution in [0.5, 0.6) is 5.75 Å². The van der Waals surface area contributed by atoms with Crippen LogP contribution >= 0.6 is 0 Å². The van der Waals surface area contributed by atoms with E-state index in [1.54, 1.807) is 7.11 Å².